The van der Waals surface area contributed by atoms with E-state index in [2.05, 4.69) is 27.8 Å². The van der Waals surface area contributed by atoms with E-state index in [9.17, 15) is 8.42 Å². The first-order valence-corrected chi connectivity index (χ1v) is 13.2. The third-order valence-electron chi connectivity index (χ3n) is 6.55. The van der Waals surface area contributed by atoms with Crippen LogP contribution in [0.25, 0.3) is 0 Å². The molecule has 1 N–H and O–H groups in total. The van der Waals surface area contributed by atoms with Gasteiger partial charge in [-0.15, -0.1) is 11.6 Å². The summed E-state index contributed by atoms with van der Waals surface area (Å²) in [6.45, 7) is 2.27. The van der Waals surface area contributed by atoms with E-state index in [4.69, 9.17) is 21.1 Å². The van der Waals surface area contributed by atoms with E-state index in [0.717, 1.165) is 44.3 Å². The van der Waals surface area contributed by atoms with Gasteiger partial charge in [0.1, 0.15) is 16.4 Å². The molecular formula is C24H31ClN2O4S. The summed E-state index contributed by atoms with van der Waals surface area (Å²) in [7, 11) is -0.744. The van der Waals surface area contributed by atoms with Crippen molar-refractivity contribution < 1.29 is 17.9 Å². The van der Waals surface area contributed by atoms with Crippen molar-refractivity contribution in [3.8, 4) is 11.5 Å². The molecule has 0 bridgehead atoms. The van der Waals surface area contributed by atoms with Gasteiger partial charge in [0, 0.05) is 37.6 Å². The predicted octanol–water partition coefficient (Wildman–Crippen LogP) is 3.70. The van der Waals surface area contributed by atoms with Crippen molar-refractivity contribution in [3.63, 3.8) is 0 Å². The first-order valence-electron chi connectivity index (χ1n) is 11.1. The number of alkyl halides is 1. The Bertz CT molecular complexity index is 1070. The molecule has 0 fully saturated rings. The van der Waals surface area contributed by atoms with Crippen LogP contribution in [0.15, 0.2) is 35.2 Å². The monoisotopic (exact) mass is 478 g/mol. The molecule has 1 aliphatic carbocycles. The highest BCUT2D eigenvalue weighted by molar-refractivity contribution is 7.89. The predicted molar refractivity (Wildman–Crippen MR) is 127 cm³/mol. The van der Waals surface area contributed by atoms with Gasteiger partial charge in [0.25, 0.3) is 0 Å². The van der Waals surface area contributed by atoms with Crippen LogP contribution in [-0.4, -0.2) is 53.1 Å². The molecule has 0 saturated heterocycles. The molecule has 1 atom stereocenters. The van der Waals surface area contributed by atoms with Crippen LogP contribution in [0, 0.1) is 0 Å². The van der Waals surface area contributed by atoms with Gasteiger partial charge in [-0.2, -0.15) is 0 Å². The van der Waals surface area contributed by atoms with Crippen molar-refractivity contribution in [1.82, 2.24) is 9.62 Å². The number of rotatable bonds is 10. The quantitative estimate of drug-likeness (QED) is 0.416. The van der Waals surface area contributed by atoms with E-state index in [1.54, 1.807) is 6.07 Å². The lowest BCUT2D eigenvalue weighted by Gasteiger charge is -2.35. The minimum Gasteiger partial charge on any atom is -0.496 e. The van der Waals surface area contributed by atoms with E-state index in [-0.39, 0.29) is 4.90 Å². The molecule has 1 unspecified atom stereocenters. The zero-order valence-electron chi connectivity index (χ0n) is 18.7. The van der Waals surface area contributed by atoms with Gasteiger partial charge in [0.15, 0.2) is 0 Å². The average Bonchev–Trinajstić information content (AvgIpc) is 3.23. The van der Waals surface area contributed by atoms with Gasteiger partial charge >= 0.3 is 0 Å². The Labute approximate surface area is 195 Å². The maximum Gasteiger partial charge on any atom is 0.244 e. The van der Waals surface area contributed by atoms with Crippen molar-refractivity contribution in [2.75, 3.05) is 39.7 Å². The number of nitrogens with zero attached hydrogens (tertiary/aromatic N) is 1. The molecule has 0 radical (unpaired) electrons. The number of sulfonamides is 1. The molecule has 0 saturated carbocycles. The molecule has 2 aromatic rings. The fourth-order valence-electron chi connectivity index (χ4n) is 5.03. The molecule has 8 heteroatoms. The topological polar surface area (TPSA) is 67.9 Å². The minimum absolute atomic E-state index is 0.0857. The fourth-order valence-corrected chi connectivity index (χ4v) is 6.47. The van der Waals surface area contributed by atoms with Gasteiger partial charge in [-0.1, -0.05) is 18.2 Å². The van der Waals surface area contributed by atoms with Crippen molar-refractivity contribution in [2.45, 2.75) is 43.0 Å². The van der Waals surface area contributed by atoms with Crippen molar-refractivity contribution >= 4 is 21.6 Å². The lowest BCUT2D eigenvalue weighted by Crippen LogP contribution is -2.36. The van der Waals surface area contributed by atoms with Gasteiger partial charge in [-0.05, 0) is 60.4 Å². The second-order valence-corrected chi connectivity index (χ2v) is 10.4. The third kappa shape index (κ3) is 4.62. The number of methoxy groups -OCH3 is 2. The molecular weight excluding hydrogens is 448 g/mol. The maximum absolute atomic E-state index is 13.0. The van der Waals surface area contributed by atoms with Gasteiger partial charge < -0.3 is 9.47 Å². The molecule has 2 aliphatic rings. The van der Waals surface area contributed by atoms with Gasteiger partial charge in [0.05, 0.1) is 14.2 Å². The maximum atomic E-state index is 13.0. The van der Waals surface area contributed by atoms with E-state index in [0.29, 0.717) is 36.4 Å². The Kier molecular flexibility index (Phi) is 7.30. The van der Waals surface area contributed by atoms with Crippen LogP contribution >= 0.6 is 11.6 Å². The molecule has 1 heterocycles. The summed E-state index contributed by atoms with van der Waals surface area (Å²) >= 11 is 5.86. The average molecular weight is 479 g/mol. The van der Waals surface area contributed by atoms with Crippen LogP contribution in [0.3, 0.4) is 0 Å². The second-order valence-electron chi connectivity index (χ2n) is 8.34. The van der Waals surface area contributed by atoms with Crippen LogP contribution in [-0.2, 0) is 29.3 Å². The normalized spacial score (nSPS) is 17.9. The zero-order valence-corrected chi connectivity index (χ0v) is 20.3. The third-order valence-corrected chi connectivity index (χ3v) is 8.22. The molecule has 0 aromatic heterocycles. The zero-order chi connectivity index (χ0) is 22.7. The van der Waals surface area contributed by atoms with E-state index in [1.807, 2.05) is 0 Å². The van der Waals surface area contributed by atoms with Crippen LogP contribution in [0.4, 0.5) is 0 Å². The number of benzene rings is 2. The Hall–Kier alpha value is -1.80. The van der Waals surface area contributed by atoms with Gasteiger partial charge in [-0.3, -0.25) is 4.90 Å². The lowest BCUT2D eigenvalue weighted by atomic mass is 9.93. The minimum atomic E-state index is -3.73. The van der Waals surface area contributed by atoms with E-state index < -0.39 is 10.0 Å². The van der Waals surface area contributed by atoms with E-state index in [1.165, 1.54) is 37.0 Å². The number of hydrogen-bond donors (Lipinski definition) is 1. The number of hydrogen-bond acceptors (Lipinski definition) is 5. The highest BCUT2D eigenvalue weighted by atomic mass is 35.5. The van der Waals surface area contributed by atoms with Gasteiger partial charge in [-0.25, -0.2) is 13.1 Å². The first kappa shape index (κ1) is 23.4. The molecule has 32 heavy (non-hydrogen) atoms. The highest BCUT2D eigenvalue weighted by Gasteiger charge is 2.33. The van der Waals surface area contributed by atoms with Crippen LogP contribution < -0.4 is 14.2 Å². The Morgan fingerprint density at radius 3 is 2.59 bits per heavy atom. The molecule has 174 valence electrons. The number of aryl methyl sites for hydroxylation is 2. The number of nitrogens with one attached hydrogen (secondary N) is 1. The van der Waals surface area contributed by atoms with Crippen molar-refractivity contribution in [2.24, 2.45) is 0 Å². The summed E-state index contributed by atoms with van der Waals surface area (Å²) in [5.74, 6) is 1.20. The molecule has 4 rings (SSSR count). The molecule has 0 amide bonds. The van der Waals surface area contributed by atoms with Crippen molar-refractivity contribution in [3.05, 3.63) is 52.6 Å². The van der Waals surface area contributed by atoms with Crippen LogP contribution in [0.5, 0.6) is 11.5 Å². The smallest absolute Gasteiger partial charge is 0.244 e. The van der Waals surface area contributed by atoms with E-state index >= 15 is 0 Å². The molecule has 0 spiro atoms. The summed E-state index contributed by atoms with van der Waals surface area (Å²) in [6, 6.07) is 10.4. The lowest BCUT2D eigenvalue weighted by molar-refractivity contribution is 0.184. The van der Waals surface area contributed by atoms with Crippen LogP contribution in [0.2, 0.25) is 0 Å². The standard InChI is InChI=1S/C24H31ClN2O4S/c1-30-21-16-23(22(31-2)15-19(21)9-11-25)32(28,29)26-12-4-13-27-14-10-18-6-3-5-17-7-8-20(27)24(17)18/h3,5-6,15-16,20,26H,4,7-14H2,1-2H3. The molecule has 2 aromatic carbocycles. The summed E-state index contributed by atoms with van der Waals surface area (Å²) < 4.78 is 39.5. The number of ether oxygens (including phenoxy) is 2. The first-order chi connectivity index (χ1) is 15.5. The van der Waals surface area contributed by atoms with Crippen LogP contribution in [0.1, 0.15) is 41.1 Å². The highest BCUT2D eigenvalue weighted by Crippen LogP contribution is 2.41. The summed E-state index contributed by atoms with van der Waals surface area (Å²) in [6.07, 6.45) is 4.67. The second kappa shape index (κ2) is 10.00. The Morgan fingerprint density at radius 2 is 1.88 bits per heavy atom. The van der Waals surface area contributed by atoms with Crippen molar-refractivity contribution in [1.29, 1.82) is 0 Å². The Balaban J connectivity index is 1.39. The summed E-state index contributed by atoms with van der Waals surface area (Å²) in [5, 5.41) is 0. The SMILES string of the molecule is COc1cc(S(=O)(=O)NCCCN2CCc3cccc4c3C2CC4)c(OC)cc1CCCl. The Morgan fingerprint density at radius 1 is 1.12 bits per heavy atom. The molecule has 1 aliphatic heterocycles. The summed E-state index contributed by atoms with van der Waals surface area (Å²) in [4.78, 5) is 2.60. The molecule has 6 nitrogen and oxygen atoms in total. The largest absolute Gasteiger partial charge is 0.496 e. The fraction of sp³-hybridized carbons (Fsp3) is 0.500. The summed E-state index contributed by atoms with van der Waals surface area (Å²) in [5.41, 5.74) is 5.31. The number of halogens is 1. The van der Waals surface area contributed by atoms with Gasteiger partial charge in [0.2, 0.25) is 10.0 Å².